The third-order valence-corrected chi connectivity index (χ3v) is 6.29. The highest BCUT2D eigenvalue weighted by molar-refractivity contribution is 7.99. The lowest BCUT2D eigenvalue weighted by molar-refractivity contribution is -0.132. The molecule has 0 spiro atoms. The summed E-state index contributed by atoms with van der Waals surface area (Å²) in [7, 11) is 3.53. The van der Waals surface area contributed by atoms with E-state index in [1.54, 1.807) is 19.0 Å². The van der Waals surface area contributed by atoms with Gasteiger partial charge in [0.2, 0.25) is 17.0 Å². The van der Waals surface area contributed by atoms with E-state index < -0.39 is 0 Å². The quantitative estimate of drug-likeness (QED) is 0.622. The Labute approximate surface area is 181 Å². The number of carbonyl (C=O) groups excluding carboxylic acids is 2. The predicted octanol–water partition coefficient (Wildman–Crippen LogP) is 1.47. The van der Waals surface area contributed by atoms with Crippen LogP contribution >= 0.6 is 11.8 Å². The number of rotatable bonds is 7. The molecule has 2 amide bonds. The van der Waals surface area contributed by atoms with Crippen molar-refractivity contribution in [1.29, 1.82) is 0 Å². The fraction of sp³-hybridized carbons (Fsp3) is 0.524. The van der Waals surface area contributed by atoms with Gasteiger partial charge >= 0.3 is 0 Å². The van der Waals surface area contributed by atoms with Crippen LogP contribution in [0.4, 0.5) is 0 Å². The van der Waals surface area contributed by atoms with Crippen LogP contribution in [0.5, 0.6) is 0 Å². The molecule has 30 heavy (non-hydrogen) atoms. The highest BCUT2D eigenvalue weighted by atomic mass is 32.2. The smallest absolute Gasteiger partial charge is 0.236 e. The molecule has 0 atom stereocenters. The molecule has 2 aliphatic rings. The SMILES string of the molecule is CN(C)C(=O)CN1CCN(C(=O)CSc2nc(C3CC3)n(-c3ccccc3)n2)CC1. The lowest BCUT2D eigenvalue weighted by Gasteiger charge is -2.34. The second-order valence-corrected chi connectivity index (χ2v) is 8.95. The molecule has 0 unspecified atom stereocenters. The lowest BCUT2D eigenvalue weighted by atomic mass is 10.3. The molecule has 0 radical (unpaired) electrons. The van der Waals surface area contributed by atoms with Gasteiger partial charge in [-0.05, 0) is 25.0 Å². The van der Waals surface area contributed by atoms with Crippen LogP contribution < -0.4 is 0 Å². The third kappa shape index (κ3) is 5.02. The first-order valence-electron chi connectivity index (χ1n) is 10.4. The van der Waals surface area contributed by atoms with Gasteiger partial charge in [-0.3, -0.25) is 14.5 Å². The molecule has 8 nitrogen and oxygen atoms in total. The largest absolute Gasteiger partial charge is 0.348 e. The molecule has 1 aliphatic carbocycles. The summed E-state index contributed by atoms with van der Waals surface area (Å²) in [6.07, 6.45) is 2.30. The number of piperazine rings is 1. The maximum absolute atomic E-state index is 12.7. The minimum absolute atomic E-state index is 0.0943. The third-order valence-electron chi connectivity index (χ3n) is 5.46. The van der Waals surface area contributed by atoms with Gasteiger partial charge in [-0.25, -0.2) is 9.67 Å². The van der Waals surface area contributed by atoms with E-state index in [-0.39, 0.29) is 11.8 Å². The van der Waals surface area contributed by atoms with Crippen LogP contribution in [-0.2, 0) is 9.59 Å². The first kappa shape index (κ1) is 20.9. The topological polar surface area (TPSA) is 74.6 Å². The number of nitrogens with zero attached hydrogens (tertiary/aromatic N) is 6. The van der Waals surface area contributed by atoms with Crippen LogP contribution in [0, 0.1) is 0 Å². The van der Waals surface area contributed by atoms with Crippen molar-refractivity contribution in [2.75, 3.05) is 52.6 Å². The standard InChI is InChI=1S/C21H28N6O2S/c1-24(2)18(28)14-25-10-12-26(13-11-25)19(29)15-30-21-22-20(16-8-9-16)27(23-21)17-6-4-3-5-7-17/h3-7,16H,8-15H2,1-2H3. The molecule has 9 heteroatoms. The summed E-state index contributed by atoms with van der Waals surface area (Å²) in [6, 6.07) is 10.0. The molecule has 1 aliphatic heterocycles. The van der Waals surface area contributed by atoms with Crippen LogP contribution in [0.25, 0.3) is 5.69 Å². The van der Waals surface area contributed by atoms with Crippen molar-refractivity contribution in [1.82, 2.24) is 29.5 Å². The summed E-state index contributed by atoms with van der Waals surface area (Å²) >= 11 is 1.40. The van der Waals surface area contributed by atoms with E-state index in [1.807, 2.05) is 39.9 Å². The maximum Gasteiger partial charge on any atom is 0.236 e. The number of hydrogen-bond acceptors (Lipinski definition) is 6. The van der Waals surface area contributed by atoms with Crippen molar-refractivity contribution in [3.8, 4) is 5.69 Å². The molecule has 4 rings (SSSR count). The summed E-state index contributed by atoms with van der Waals surface area (Å²) in [6.45, 7) is 3.17. The van der Waals surface area contributed by atoms with Gasteiger partial charge in [0.05, 0.1) is 18.0 Å². The Hall–Kier alpha value is -2.39. The number of likely N-dealkylation sites (N-methyl/N-ethyl adjacent to an activating group) is 1. The number of thioether (sulfide) groups is 1. The monoisotopic (exact) mass is 428 g/mol. The zero-order chi connectivity index (χ0) is 21.1. The highest BCUT2D eigenvalue weighted by Crippen LogP contribution is 2.40. The average molecular weight is 429 g/mol. The Morgan fingerprint density at radius 2 is 1.80 bits per heavy atom. The number of hydrogen-bond donors (Lipinski definition) is 0. The molecule has 1 aromatic carbocycles. The van der Waals surface area contributed by atoms with Crippen molar-refractivity contribution >= 4 is 23.6 Å². The lowest BCUT2D eigenvalue weighted by Crippen LogP contribution is -2.51. The van der Waals surface area contributed by atoms with Gasteiger partial charge in [-0.15, -0.1) is 5.10 Å². The van der Waals surface area contributed by atoms with E-state index in [4.69, 9.17) is 4.98 Å². The second-order valence-electron chi connectivity index (χ2n) is 8.01. The molecule has 2 aromatic rings. The highest BCUT2D eigenvalue weighted by Gasteiger charge is 2.31. The summed E-state index contributed by atoms with van der Waals surface area (Å²) in [5.74, 6) is 2.00. The fourth-order valence-electron chi connectivity index (χ4n) is 3.44. The van der Waals surface area contributed by atoms with Crippen LogP contribution in [-0.4, -0.2) is 93.9 Å². The molecular weight excluding hydrogens is 400 g/mol. The summed E-state index contributed by atoms with van der Waals surface area (Å²) in [5.41, 5.74) is 1.01. The molecule has 1 saturated heterocycles. The molecule has 0 N–H and O–H groups in total. The van der Waals surface area contributed by atoms with E-state index in [2.05, 4.69) is 10.00 Å². The number of amides is 2. The van der Waals surface area contributed by atoms with Gasteiger partial charge in [-0.1, -0.05) is 30.0 Å². The Morgan fingerprint density at radius 3 is 2.43 bits per heavy atom. The first-order chi connectivity index (χ1) is 14.5. The van der Waals surface area contributed by atoms with Crippen LogP contribution in [0.2, 0.25) is 0 Å². The van der Waals surface area contributed by atoms with Gasteiger partial charge in [0, 0.05) is 46.2 Å². The Bertz CT molecular complexity index is 888. The maximum atomic E-state index is 12.7. The summed E-state index contributed by atoms with van der Waals surface area (Å²) in [5, 5.41) is 5.32. The van der Waals surface area contributed by atoms with Gasteiger partial charge < -0.3 is 9.80 Å². The van der Waals surface area contributed by atoms with Gasteiger partial charge in [-0.2, -0.15) is 0 Å². The molecular formula is C21H28N6O2S. The summed E-state index contributed by atoms with van der Waals surface area (Å²) in [4.78, 5) is 34.8. The second kappa shape index (κ2) is 9.18. The minimum atomic E-state index is 0.0943. The number of benzene rings is 1. The van der Waals surface area contributed by atoms with Gasteiger partial charge in [0.1, 0.15) is 5.82 Å². The Balaban J connectivity index is 1.31. The van der Waals surface area contributed by atoms with Crippen molar-refractivity contribution < 1.29 is 9.59 Å². The number of carbonyl (C=O) groups is 2. The van der Waals surface area contributed by atoms with Crippen LogP contribution in [0.15, 0.2) is 35.5 Å². The zero-order valence-electron chi connectivity index (χ0n) is 17.5. The van der Waals surface area contributed by atoms with Crippen LogP contribution in [0.1, 0.15) is 24.6 Å². The van der Waals surface area contributed by atoms with E-state index >= 15 is 0 Å². The zero-order valence-corrected chi connectivity index (χ0v) is 18.3. The van der Waals surface area contributed by atoms with E-state index in [9.17, 15) is 9.59 Å². The van der Waals surface area contributed by atoms with Crippen molar-refractivity contribution in [2.45, 2.75) is 23.9 Å². The van der Waals surface area contributed by atoms with Crippen LogP contribution in [0.3, 0.4) is 0 Å². The fourth-order valence-corrected chi connectivity index (χ4v) is 4.17. The molecule has 2 fully saturated rings. The predicted molar refractivity (Wildman–Crippen MR) is 116 cm³/mol. The van der Waals surface area contributed by atoms with Crippen molar-refractivity contribution in [3.05, 3.63) is 36.2 Å². The normalized spacial score (nSPS) is 17.2. The molecule has 1 aromatic heterocycles. The molecule has 1 saturated carbocycles. The van der Waals surface area contributed by atoms with Crippen molar-refractivity contribution in [2.24, 2.45) is 0 Å². The van der Waals surface area contributed by atoms with E-state index in [1.165, 1.54) is 11.8 Å². The number of para-hydroxylation sites is 1. The number of aromatic nitrogens is 3. The average Bonchev–Trinajstić information content (AvgIpc) is 3.52. The minimum Gasteiger partial charge on any atom is -0.348 e. The van der Waals surface area contributed by atoms with Gasteiger partial charge in [0.25, 0.3) is 0 Å². The molecule has 0 bridgehead atoms. The van der Waals surface area contributed by atoms with E-state index in [0.717, 1.165) is 37.4 Å². The first-order valence-corrected chi connectivity index (χ1v) is 11.4. The Kier molecular flexibility index (Phi) is 6.38. The van der Waals surface area contributed by atoms with E-state index in [0.29, 0.717) is 36.5 Å². The Morgan fingerprint density at radius 1 is 1.10 bits per heavy atom. The molecule has 160 valence electrons. The molecule has 2 heterocycles. The van der Waals surface area contributed by atoms with Crippen molar-refractivity contribution in [3.63, 3.8) is 0 Å². The summed E-state index contributed by atoms with van der Waals surface area (Å²) < 4.78 is 1.92. The van der Waals surface area contributed by atoms with Gasteiger partial charge in [0.15, 0.2) is 0 Å².